The summed E-state index contributed by atoms with van der Waals surface area (Å²) in [6.45, 7) is -0.0483. The van der Waals surface area contributed by atoms with Crippen LogP contribution < -0.4 is 22.3 Å². The maximum atomic E-state index is 13.1. The molecule has 8 heteroatoms. The number of aromatic amines is 1. The van der Waals surface area contributed by atoms with Gasteiger partial charge in [-0.05, 0) is 24.3 Å². The summed E-state index contributed by atoms with van der Waals surface area (Å²) in [6, 6.07) is 6.55. The first-order valence-electron chi connectivity index (χ1n) is 6.10. The van der Waals surface area contributed by atoms with E-state index in [1.165, 1.54) is 0 Å². The lowest BCUT2D eigenvalue weighted by Gasteiger charge is -2.07. The molecule has 110 valence electrons. The topological polar surface area (TPSA) is 110 Å². The van der Waals surface area contributed by atoms with Gasteiger partial charge in [-0.2, -0.15) is 4.39 Å². The van der Waals surface area contributed by atoms with E-state index in [2.05, 4.69) is 5.32 Å². The van der Waals surface area contributed by atoms with Crippen LogP contribution in [-0.2, 0) is 11.3 Å². The number of benzene rings is 1. The second kappa shape index (κ2) is 6.04. The average molecular weight is 292 g/mol. The molecule has 0 saturated carbocycles. The maximum absolute atomic E-state index is 13.1. The van der Waals surface area contributed by atoms with E-state index < -0.39 is 17.1 Å². The minimum atomic E-state index is -1.08. The SMILES string of the molecule is Nc1ccc(NC(=O)CCn2cc(F)c(=O)[nH]c2=O)cc1. The molecule has 1 aromatic carbocycles. The van der Waals surface area contributed by atoms with Crippen LogP contribution in [0.3, 0.4) is 0 Å². The Labute approximate surface area is 118 Å². The molecule has 0 spiro atoms. The highest BCUT2D eigenvalue weighted by Gasteiger charge is 2.07. The number of anilines is 2. The second-order valence-corrected chi connectivity index (χ2v) is 4.35. The summed E-state index contributed by atoms with van der Waals surface area (Å²) in [7, 11) is 0. The first-order valence-corrected chi connectivity index (χ1v) is 6.10. The Balaban J connectivity index is 1.98. The highest BCUT2D eigenvalue weighted by molar-refractivity contribution is 5.90. The van der Waals surface area contributed by atoms with Gasteiger partial charge in [0.1, 0.15) is 0 Å². The van der Waals surface area contributed by atoms with Gasteiger partial charge in [0, 0.05) is 24.3 Å². The number of H-pyrrole nitrogens is 1. The number of nitrogens with two attached hydrogens (primary N) is 1. The lowest BCUT2D eigenvalue weighted by Crippen LogP contribution is -2.32. The molecule has 0 bridgehead atoms. The molecule has 0 aliphatic heterocycles. The third-order valence-electron chi connectivity index (χ3n) is 2.74. The fraction of sp³-hybridized carbons (Fsp3) is 0.154. The van der Waals surface area contributed by atoms with Crippen LogP contribution in [0.4, 0.5) is 15.8 Å². The van der Waals surface area contributed by atoms with E-state index >= 15 is 0 Å². The first-order chi connectivity index (χ1) is 9.95. The highest BCUT2D eigenvalue weighted by Crippen LogP contribution is 2.10. The molecular formula is C13H13FN4O3. The summed E-state index contributed by atoms with van der Waals surface area (Å²) in [5.74, 6) is -1.42. The van der Waals surface area contributed by atoms with E-state index in [4.69, 9.17) is 5.73 Å². The van der Waals surface area contributed by atoms with Crippen molar-refractivity contribution >= 4 is 17.3 Å². The van der Waals surface area contributed by atoms with E-state index in [-0.39, 0.29) is 18.9 Å². The van der Waals surface area contributed by atoms with Crippen LogP contribution in [0.1, 0.15) is 6.42 Å². The fourth-order valence-corrected chi connectivity index (χ4v) is 1.66. The predicted molar refractivity (Wildman–Crippen MR) is 75.4 cm³/mol. The van der Waals surface area contributed by atoms with Gasteiger partial charge in [-0.15, -0.1) is 0 Å². The van der Waals surface area contributed by atoms with Gasteiger partial charge in [0.05, 0.1) is 6.20 Å². The molecule has 7 nitrogen and oxygen atoms in total. The number of rotatable bonds is 4. The predicted octanol–water partition coefficient (Wildman–Crippen LogP) is 0.287. The average Bonchev–Trinajstić information content (AvgIpc) is 2.44. The number of nitrogens with one attached hydrogen (secondary N) is 2. The van der Waals surface area contributed by atoms with Gasteiger partial charge in [-0.1, -0.05) is 0 Å². The van der Waals surface area contributed by atoms with Crippen molar-refractivity contribution < 1.29 is 9.18 Å². The van der Waals surface area contributed by atoms with Crippen LogP contribution in [0.25, 0.3) is 0 Å². The standard InChI is InChI=1S/C13H13FN4O3/c14-10-7-18(13(21)17-12(10)20)6-5-11(19)16-9-3-1-8(15)2-4-9/h1-4,7H,5-6,15H2,(H,16,19)(H,17,20,21). The number of nitrogen functional groups attached to an aromatic ring is 1. The lowest BCUT2D eigenvalue weighted by atomic mass is 10.3. The van der Waals surface area contributed by atoms with Crippen LogP contribution >= 0.6 is 0 Å². The maximum Gasteiger partial charge on any atom is 0.328 e. The smallest absolute Gasteiger partial charge is 0.328 e. The highest BCUT2D eigenvalue weighted by atomic mass is 19.1. The molecular weight excluding hydrogens is 279 g/mol. The number of hydrogen-bond donors (Lipinski definition) is 3. The van der Waals surface area contributed by atoms with Crippen molar-refractivity contribution in [2.75, 3.05) is 11.1 Å². The van der Waals surface area contributed by atoms with Gasteiger partial charge in [0.25, 0.3) is 5.56 Å². The molecule has 0 unspecified atom stereocenters. The third kappa shape index (κ3) is 3.78. The Morgan fingerprint density at radius 3 is 2.62 bits per heavy atom. The van der Waals surface area contributed by atoms with E-state index in [1.54, 1.807) is 24.3 Å². The van der Waals surface area contributed by atoms with Gasteiger partial charge >= 0.3 is 5.69 Å². The van der Waals surface area contributed by atoms with Gasteiger partial charge < -0.3 is 11.1 Å². The van der Waals surface area contributed by atoms with Crippen LogP contribution in [0.15, 0.2) is 40.1 Å². The molecule has 0 atom stereocenters. The number of amides is 1. The van der Waals surface area contributed by atoms with Crippen molar-refractivity contribution in [2.24, 2.45) is 0 Å². The summed E-state index contributed by atoms with van der Waals surface area (Å²) < 4.78 is 14.0. The van der Waals surface area contributed by atoms with Crippen molar-refractivity contribution in [3.05, 3.63) is 57.1 Å². The molecule has 2 rings (SSSR count). The third-order valence-corrected chi connectivity index (χ3v) is 2.74. The van der Waals surface area contributed by atoms with Crippen molar-refractivity contribution in [2.45, 2.75) is 13.0 Å². The number of carbonyl (C=O) groups is 1. The number of nitrogens with zero attached hydrogens (tertiary/aromatic N) is 1. The molecule has 4 N–H and O–H groups in total. The molecule has 1 heterocycles. The zero-order valence-corrected chi connectivity index (χ0v) is 10.9. The Hall–Kier alpha value is -2.90. The van der Waals surface area contributed by atoms with E-state index in [0.717, 1.165) is 10.8 Å². The zero-order chi connectivity index (χ0) is 15.4. The van der Waals surface area contributed by atoms with Crippen LogP contribution in [0, 0.1) is 5.82 Å². The molecule has 0 fully saturated rings. The van der Waals surface area contributed by atoms with Gasteiger partial charge in [0.15, 0.2) is 0 Å². The summed E-state index contributed by atoms with van der Waals surface area (Å²) in [5.41, 5.74) is 4.81. The van der Waals surface area contributed by atoms with E-state index in [9.17, 15) is 18.8 Å². The summed E-state index contributed by atoms with van der Waals surface area (Å²) >= 11 is 0. The van der Waals surface area contributed by atoms with Crippen molar-refractivity contribution in [1.82, 2.24) is 9.55 Å². The number of aryl methyl sites for hydroxylation is 1. The van der Waals surface area contributed by atoms with Crippen LogP contribution in [0.2, 0.25) is 0 Å². The van der Waals surface area contributed by atoms with Gasteiger partial charge in [-0.3, -0.25) is 19.1 Å². The molecule has 2 aromatic rings. The minimum Gasteiger partial charge on any atom is -0.399 e. The van der Waals surface area contributed by atoms with Gasteiger partial charge in [0.2, 0.25) is 11.7 Å². The lowest BCUT2D eigenvalue weighted by molar-refractivity contribution is -0.116. The summed E-state index contributed by atoms with van der Waals surface area (Å²) in [5, 5.41) is 2.61. The number of halogens is 1. The van der Waals surface area contributed by atoms with Gasteiger partial charge in [-0.25, -0.2) is 4.79 Å². The largest absolute Gasteiger partial charge is 0.399 e. The summed E-state index contributed by atoms with van der Waals surface area (Å²) in [6.07, 6.45) is 0.730. The Kier molecular flexibility index (Phi) is 4.17. The number of carbonyl (C=O) groups excluding carboxylic acids is 1. The Bertz CT molecular complexity index is 764. The van der Waals surface area contributed by atoms with E-state index in [0.29, 0.717) is 11.4 Å². The van der Waals surface area contributed by atoms with Crippen molar-refractivity contribution in [3.63, 3.8) is 0 Å². The molecule has 1 aromatic heterocycles. The normalized spacial score (nSPS) is 10.3. The number of aromatic nitrogens is 2. The molecule has 0 radical (unpaired) electrons. The van der Waals surface area contributed by atoms with Crippen molar-refractivity contribution in [3.8, 4) is 0 Å². The van der Waals surface area contributed by atoms with Crippen molar-refractivity contribution in [1.29, 1.82) is 0 Å². The van der Waals surface area contributed by atoms with Crippen LogP contribution in [0.5, 0.6) is 0 Å². The number of hydrogen-bond acceptors (Lipinski definition) is 4. The quantitative estimate of drug-likeness (QED) is 0.703. The monoisotopic (exact) mass is 292 g/mol. The van der Waals surface area contributed by atoms with E-state index in [1.807, 2.05) is 4.98 Å². The molecule has 21 heavy (non-hydrogen) atoms. The molecule has 0 aliphatic carbocycles. The molecule has 0 saturated heterocycles. The fourth-order valence-electron chi connectivity index (χ4n) is 1.66. The van der Waals surface area contributed by atoms with Crippen LogP contribution in [-0.4, -0.2) is 15.5 Å². The Morgan fingerprint density at radius 2 is 1.95 bits per heavy atom. The second-order valence-electron chi connectivity index (χ2n) is 4.35. The Morgan fingerprint density at radius 1 is 1.29 bits per heavy atom. The minimum absolute atomic E-state index is 0.0459. The summed E-state index contributed by atoms with van der Waals surface area (Å²) in [4.78, 5) is 35.8. The molecule has 1 amide bonds. The molecule has 0 aliphatic rings. The first kappa shape index (κ1) is 14.5. The zero-order valence-electron chi connectivity index (χ0n) is 10.9.